The molecule has 0 amide bonds. The van der Waals surface area contributed by atoms with Crippen LogP contribution in [0.25, 0.3) is 0 Å². The van der Waals surface area contributed by atoms with E-state index in [0.717, 1.165) is 0 Å². The van der Waals surface area contributed by atoms with Crippen LogP contribution < -0.4 is 0 Å². The van der Waals surface area contributed by atoms with Gasteiger partial charge in [0, 0.05) is 0 Å². The maximum Gasteiger partial charge on any atom is 3.00 e. The molecule has 5 heavy (non-hydrogen) atoms. The Morgan fingerprint density at radius 1 is 1.00 bits per heavy atom. The zero-order valence-corrected chi connectivity index (χ0v) is 8.22. The summed E-state index contributed by atoms with van der Waals surface area (Å²) in [6.07, 6.45) is 0. The first-order valence-corrected chi connectivity index (χ1v) is 0. The topological polar surface area (TPSA) is 28.5 Å². The summed E-state index contributed by atoms with van der Waals surface area (Å²) in [7, 11) is 0. The predicted molar refractivity (Wildman–Crippen MR) is 0.686 cm³/mol. The van der Waals surface area contributed by atoms with Gasteiger partial charge in [-0.15, -0.1) is 0 Å². The van der Waals surface area contributed by atoms with Gasteiger partial charge in [-0.05, 0) is 0 Å². The molecule has 0 aromatic carbocycles. The van der Waals surface area contributed by atoms with Crippen molar-refractivity contribution in [2.24, 2.45) is 0 Å². The molecular weight excluding hydrogens is 334 g/mol. The van der Waals surface area contributed by atoms with Crippen molar-refractivity contribution in [3.63, 3.8) is 0 Å². The van der Waals surface area contributed by atoms with E-state index in [-0.39, 0.29) is 98.1 Å². The van der Waals surface area contributed by atoms with Crippen LogP contribution in [0.3, 0.4) is 0 Å². The van der Waals surface area contributed by atoms with Crippen molar-refractivity contribution < 1.29 is 98.1 Å². The van der Waals surface area contributed by atoms with E-state index in [4.69, 9.17) is 0 Å². The smallest absolute Gasteiger partial charge is 2.00 e. The van der Waals surface area contributed by atoms with Crippen molar-refractivity contribution in [2.45, 2.75) is 0 Å². The van der Waals surface area contributed by atoms with Gasteiger partial charge in [0.2, 0.25) is 0 Å². The van der Waals surface area contributed by atoms with Crippen molar-refractivity contribution in [1.29, 1.82) is 0 Å². The van der Waals surface area contributed by atoms with Crippen molar-refractivity contribution in [1.82, 2.24) is 0 Å². The fourth-order valence-electron chi connectivity index (χ4n) is 0. The second-order valence-electron chi connectivity index (χ2n) is 0. The number of hydrogen-bond donors (Lipinski definition) is 0. The van der Waals surface area contributed by atoms with Crippen molar-refractivity contribution in [3.8, 4) is 0 Å². The van der Waals surface area contributed by atoms with Gasteiger partial charge in [0.25, 0.3) is 0 Å². The summed E-state index contributed by atoms with van der Waals surface area (Å²) in [6.45, 7) is 0. The monoisotopic (exact) mass is 333 g/mol. The van der Waals surface area contributed by atoms with Crippen LogP contribution in [0, 0.1) is 41.7 Å². The van der Waals surface area contributed by atoms with E-state index in [0.29, 0.717) is 0 Å². The normalized spacial score (nSPS) is 0. The molecular formula is CeCoCuMnO+7. The first-order chi connectivity index (χ1) is 0. The molecule has 0 saturated heterocycles. The Bertz CT molecular complexity index is 11.6. The molecule has 0 aromatic heterocycles. The average molecular weight is 334 g/mol. The molecule has 0 heterocycles. The summed E-state index contributed by atoms with van der Waals surface area (Å²) in [4.78, 5) is 0. The van der Waals surface area contributed by atoms with Crippen LogP contribution in [0.15, 0.2) is 0 Å². The molecule has 0 saturated carbocycles. The molecule has 0 bridgehead atoms. The van der Waals surface area contributed by atoms with Crippen molar-refractivity contribution >= 4 is 0 Å². The van der Waals surface area contributed by atoms with E-state index in [1.54, 1.807) is 0 Å². The molecule has 0 N–H and O–H groups in total. The first-order valence-electron chi connectivity index (χ1n) is 0. The predicted octanol–water partition coefficient (Wildman–Crippen LogP) is -0.126. The Morgan fingerprint density at radius 3 is 1.00 bits per heavy atom. The molecule has 0 aliphatic carbocycles. The van der Waals surface area contributed by atoms with Gasteiger partial charge in [0.15, 0.2) is 0 Å². The molecule has 0 aliphatic heterocycles. The molecule has 30 valence electrons. The molecule has 5 heteroatoms. The van der Waals surface area contributed by atoms with Crippen LogP contribution in [0.4, 0.5) is 0 Å². The third-order valence-corrected chi connectivity index (χ3v) is 0. The zero-order chi connectivity index (χ0) is 0. The Labute approximate surface area is 96.2 Å². The van der Waals surface area contributed by atoms with E-state index in [9.17, 15) is 0 Å². The average Bonchev–Trinajstić information content (AvgIpc) is 0. The Morgan fingerprint density at radius 2 is 1.00 bits per heavy atom. The van der Waals surface area contributed by atoms with Crippen LogP contribution in [0.2, 0.25) is 0 Å². The molecule has 0 rings (SSSR count). The Hall–Kier alpha value is 2.88. The Balaban J connectivity index is 0. The molecule has 4 radical (unpaired) electrons. The third-order valence-electron chi connectivity index (χ3n) is 0. The zero-order valence-electron chi connectivity index (χ0n) is 1.92. The van der Waals surface area contributed by atoms with Gasteiger partial charge in [-0.25, -0.2) is 0 Å². The molecule has 0 aromatic rings. The molecule has 0 unspecified atom stereocenters. The second kappa shape index (κ2) is 28.7. The van der Waals surface area contributed by atoms with Gasteiger partial charge < -0.3 is 5.48 Å². The largest absolute Gasteiger partial charge is 3.00 e. The Kier molecular flexibility index (Phi) is 258. The first kappa shape index (κ1) is 44.9. The molecule has 0 aliphatic rings. The van der Waals surface area contributed by atoms with E-state index in [2.05, 4.69) is 0 Å². The minimum atomic E-state index is 0. The summed E-state index contributed by atoms with van der Waals surface area (Å²) < 4.78 is 0. The van der Waals surface area contributed by atoms with Crippen LogP contribution >= 0.6 is 0 Å². The fourth-order valence-corrected chi connectivity index (χ4v) is 0. The van der Waals surface area contributed by atoms with Gasteiger partial charge in [0.1, 0.15) is 0 Å². The number of hydrogen-bond acceptors (Lipinski definition) is 0. The maximum atomic E-state index is 0. The summed E-state index contributed by atoms with van der Waals surface area (Å²) in [5, 5.41) is 0. The van der Waals surface area contributed by atoms with Crippen LogP contribution in [0.1, 0.15) is 0 Å². The summed E-state index contributed by atoms with van der Waals surface area (Å²) in [5.41, 5.74) is 0. The van der Waals surface area contributed by atoms with E-state index >= 15 is 0 Å². The second-order valence-corrected chi connectivity index (χ2v) is 0. The molecule has 0 atom stereocenters. The molecule has 1 nitrogen and oxygen atoms in total. The van der Waals surface area contributed by atoms with E-state index in [1.165, 1.54) is 0 Å². The fraction of sp³-hybridized carbons (Fsp3) is 0. The third kappa shape index (κ3) is 19.7. The van der Waals surface area contributed by atoms with Gasteiger partial charge in [-0.3, -0.25) is 0 Å². The quantitative estimate of drug-likeness (QED) is 0.553. The van der Waals surface area contributed by atoms with Crippen LogP contribution in [-0.4, -0.2) is 0 Å². The van der Waals surface area contributed by atoms with Gasteiger partial charge in [-0.2, -0.15) is 0 Å². The van der Waals surface area contributed by atoms with E-state index < -0.39 is 0 Å². The van der Waals surface area contributed by atoms with Crippen LogP contribution in [-0.2, 0) is 56.4 Å². The summed E-state index contributed by atoms with van der Waals surface area (Å²) in [6, 6.07) is 0. The number of rotatable bonds is 0. The van der Waals surface area contributed by atoms with Gasteiger partial charge >= 0.3 is 92.7 Å². The van der Waals surface area contributed by atoms with Crippen molar-refractivity contribution in [3.05, 3.63) is 0 Å². The van der Waals surface area contributed by atoms with Crippen molar-refractivity contribution in [2.75, 3.05) is 0 Å². The molecule has 0 fully saturated rings. The van der Waals surface area contributed by atoms with Gasteiger partial charge in [-0.1, -0.05) is 0 Å². The summed E-state index contributed by atoms with van der Waals surface area (Å²) >= 11 is 0. The SMILES string of the molecule is [Ce+3].[Co+2].[Cu+2].[Mn+2].[O-2]. The standard InChI is InChI=1S/Ce.Co.Cu.Mn.O/q+3;3*+2;-2. The van der Waals surface area contributed by atoms with Gasteiger partial charge in [0.05, 0.1) is 0 Å². The maximum absolute atomic E-state index is 0. The molecule has 0 spiro atoms. The van der Waals surface area contributed by atoms with Crippen LogP contribution in [0.5, 0.6) is 0 Å². The van der Waals surface area contributed by atoms with E-state index in [1.807, 2.05) is 0 Å². The summed E-state index contributed by atoms with van der Waals surface area (Å²) in [5.74, 6) is 0. The minimum absolute atomic E-state index is 0. The minimum Gasteiger partial charge on any atom is -2.00 e.